The van der Waals surface area contributed by atoms with Gasteiger partial charge in [0.05, 0.1) is 18.4 Å². The minimum absolute atomic E-state index is 0.119. The van der Waals surface area contributed by atoms with Gasteiger partial charge >= 0.3 is 0 Å². The van der Waals surface area contributed by atoms with E-state index >= 15 is 0 Å². The van der Waals surface area contributed by atoms with Crippen LogP contribution in [0.5, 0.6) is 0 Å². The normalized spacial score (nSPS) is 24.5. The van der Waals surface area contributed by atoms with E-state index in [4.69, 9.17) is 0 Å². The Morgan fingerprint density at radius 1 is 1.27 bits per heavy atom. The number of thiophene rings is 1. The van der Waals surface area contributed by atoms with E-state index in [0.717, 1.165) is 30.6 Å². The van der Waals surface area contributed by atoms with Gasteiger partial charge < -0.3 is 4.90 Å². The van der Waals surface area contributed by atoms with Crippen molar-refractivity contribution in [1.82, 2.24) is 9.80 Å². The second-order valence-corrected chi connectivity index (χ2v) is 7.12. The Morgan fingerprint density at radius 2 is 1.91 bits per heavy atom. The number of hydrogen-bond donors (Lipinski definition) is 0. The molecular formula is C16H20N2O3S. The van der Waals surface area contributed by atoms with Crippen LogP contribution in [-0.2, 0) is 20.9 Å². The van der Waals surface area contributed by atoms with Crippen LogP contribution in [0.4, 0.5) is 0 Å². The fourth-order valence-corrected chi connectivity index (χ4v) is 4.12. The molecule has 2 fully saturated rings. The number of hydrogen-bond acceptors (Lipinski definition) is 4. The highest BCUT2D eigenvalue weighted by atomic mass is 32.1. The molecule has 0 spiro atoms. The number of amides is 3. The molecule has 2 heterocycles. The summed E-state index contributed by atoms with van der Waals surface area (Å²) < 4.78 is 0. The fraction of sp³-hybridized carbons (Fsp3) is 0.562. The first-order chi connectivity index (χ1) is 10.6. The zero-order valence-electron chi connectivity index (χ0n) is 12.7. The smallest absolute Gasteiger partial charge is 0.242 e. The Hall–Kier alpha value is -1.69. The molecule has 2 unspecified atom stereocenters. The Balaban J connectivity index is 1.63. The fourth-order valence-electron chi connectivity index (χ4n) is 3.37. The van der Waals surface area contributed by atoms with Crippen LogP contribution < -0.4 is 0 Å². The summed E-state index contributed by atoms with van der Waals surface area (Å²) >= 11 is 1.59. The molecule has 3 amide bonds. The molecule has 5 nitrogen and oxygen atoms in total. The third-order valence-corrected chi connectivity index (χ3v) is 5.49. The van der Waals surface area contributed by atoms with Crippen LogP contribution in [0.25, 0.3) is 0 Å². The van der Waals surface area contributed by atoms with Crippen molar-refractivity contribution in [2.45, 2.75) is 32.2 Å². The lowest BCUT2D eigenvalue weighted by Crippen LogP contribution is -2.41. The van der Waals surface area contributed by atoms with Crippen molar-refractivity contribution < 1.29 is 14.4 Å². The second kappa shape index (κ2) is 6.20. The van der Waals surface area contributed by atoms with Gasteiger partial charge in [0.1, 0.15) is 6.54 Å². The third-order valence-electron chi connectivity index (χ3n) is 4.62. The van der Waals surface area contributed by atoms with Gasteiger partial charge in [0, 0.05) is 11.9 Å². The number of imide groups is 1. The maximum absolute atomic E-state index is 12.4. The molecule has 1 aromatic rings. The Kier molecular flexibility index (Phi) is 4.29. The monoisotopic (exact) mass is 320 g/mol. The Labute approximate surface area is 133 Å². The van der Waals surface area contributed by atoms with E-state index in [-0.39, 0.29) is 36.1 Å². The van der Waals surface area contributed by atoms with Crippen molar-refractivity contribution in [3.8, 4) is 0 Å². The topological polar surface area (TPSA) is 57.7 Å². The second-order valence-electron chi connectivity index (χ2n) is 6.09. The number of fused-ring (bicyclic) bond motifs is 1. The van der Waals surface area contributed by atoms with E-state index in [1.807, 2.05) is 17.5 Å². The standard InChI is InChI=1S/C16H20N2O3S/c1-17(9-11-5-4-8-22-11)14(19)10-18-15(20)12-6-2-3-7-13(12)16(18)21/h4-5,8,12-13H,2-3,6-7,9-10H2,1H3. The average molecular weight is 320 g/mol. The van der Waals surface area contributed by atoms with Crippen molar-refractivity contribution in [3.63, 3.8) is 0 Å². The van der Waals surface area contributed by atoms with Gasteiger partial charge in [-0.15, -0.1) is 11.3 Å². The van der Waals surface area contributed by atoms with Crippen LogP contribution in [0.2, 0.25) is 0 Å². The number of likely N-dealkylation sites (tertiary alicyclic amines) is 1. The maximum Gasteiger partial charge on any atom is 0.242 e. The molecule has 6 heteroatoms. The summed E-state index contributed by atoms with van der Waals surface area (Å²) in [4.78, 5) is 40.9. The zero-order chi connectivity index (χ0) is 15.7. The minimum Gasteiger partial charge on any atom is -0.339 e. The molecule has 1 aliphatic heterocycles. The predicted molar refractivity (Wildman–Crippen MR) is 83.0 cm³/mol. The summed E-state index contributed by atoms with van der Waals surface area (Å²) in [5, 5.41) is 1.96. The SMILES string of the molecule is CN(Cc1cccs1)C(=O)CN1C(=O)C2CCCCC2C1=O. The number of carbonyl (C=O) groups is 3. The molecule has 1 aliphatic carbocycles. The molecule has 118 valence electrons. The summed E-state index contributed by atoms with van der Waals surface area (Å²) in [7, 11) is 1.71. The molecule has 0 N–H and O–H groups in total. The average Bonchev–Trinajstić information content (AvgIpc) is 3.10. The molecule has 0 radical (unpaired) electrons. The number of carbonyl (C=O) groups excluding carboxylic acids is 3. The van der Waals surface area contributed by atoms with Crippen LogP contribution in [0.15, 0.2) is 17.5 Å². The molecular weight excluding hydrogens is 300 g/mol. The van der Waals surface area contributed by atoms with E-state index in [1.165, 1.54) is 4.90 Å². The summed E-state index contributed by atoms with van der Waals surface area (Å²) in [6, 6.07) is 3.91. The molecule has 1 saturated heterocycles. The first-order valence-corrected chi connectivity index (χ1v) is 8.57. The van der Waals surface area contributed by atoms with Crippen molar-refractivity contribution in [2.75, 3.05) is 13.6 Å². The van der Waals surface area contributed by atoms with Crippen LogP contribution in [0.3, 0.4) is 0 Å². The highest BCUT2D eigenvalue weighted by Gasteiger charge is 2.48. The van der Waals surface area contributed by atoms with Gasteiger partial charge in [-0.3, -0.25) is 19.3 Å². The molecule has 22 heavy (non-hydrogen) atoms. The quantitative estimate of drug-likeness (QED) is 0.796. The highest BCUT2D eigenvalue weighted by molar-refractivity contribution is 7.09. The van der Waals surface area contributed by atoms with Crippen LogP contribution in [0, 0.1) is 11.8 Å². The molecule has 2 aliphatic rings. The van der Waals surface area contributed by atoms with E-state index < -0.39 is 0 Å². The van der Waals surface area contributed by atoms with Crippen molar-refractivity contribution in [3.05, 3.63) is 22.4 Å². The van der Waals surface area contributed by atoms with E-state index in [1.54, 1.807) is 23.3 Å². The van der Waals surface area contributed by atoms with Crippen molar-refractivity contribution in [2.24, 2.45) is 11.8 Å². The van der Waals surface area contributed by atoms with Crippen molar-refractivity contribution >= 4 is 29.1 Å². The first kappa shape index (κ1) is 15.2. The highest BCUT2D eigenvalue weighted by Crippen LogP contribution is 2.37. The van der Waals surface area contributed by atoms with Crippen molar-refractivity contribution in [1.29, 1.82) is 0 Å². The number of rotatable bonds is 4. The summed E-state index contributed by atoms with van der Waals surface area (Å²) in [6.45, 7) is 0.395. The number of likely N-dealkylation sites (N-methyl/N-ethyl adjacent to an activating group) is 1. The van der Waals surface area contributed by atoms with Gasteiger partial charge in [0.25, 0.3) is 0 Å². The lowest BCUT2D eigenvalue weighted by Gasteiger charge is -2.20. The van der Waals surface area contributed by atoms with Gasteiger partial charge in [0.2, 0.25) is 17.7 Å². The lowest BCUT2D eigenvalue weighted by atomic mass is 9.81. The summed E-state index contributed by atoms with van der Waals surface area (Å²) in [5.74, 6) is -0.845. The lowest BCUT2D eigenvalue weighted by molar-refractivity contribution is -0.146. The maximum atomic E-state index is 12.4. The van der Waals surface area contributed by atoms with Crippen LogP contribution in [0.1, 0.15) is 30.6 Å². The molecule has 0 aromatic carbocycles. The first-order valence-electron chi connectivity index (χ1n) is 7.69. The van der Waals surface area contributed by atoms with Crippen LogP contribution >= 0.6 is 11.3 Å². The van der Waals surface area contributed by atoms with Gasteiger partial charge in [-0.25, -0.2) is 0 Å². The zero-order valence-corrected chi connectivity index (χ0v) is 13.5. The minimum atomic E-state index is -0.186. The molecule has 1 aromatic heterocycles. The van der Waals surface area contributed by atoms with E-state index in [0.29, 0.717) is 6.54 Å². The summed E-state index contributed by atoms with van der Waals surface area (Å²) in [5.41, 5.74) is 0. The predicted octanol–water partition coefficient (Wildman–Crippen LogP) is 1.88. The molecule has 2 atom stereocenters. The Bertz CT molecular complexity index is 560. The molecule has 3 rings (SSSR count). The molecule has 0 bridgehead atoms. The third kappa shape index (κ3) is 2.79. The van der Waals surface area contributed by atoms with Gasteiger partial charge in [-0.05, 0) is 24.3 Å². The summed E-state index contributed by atoms with van der Waals surface area (Å²) in [6.07, 6.45) is 3.57. The Morgan fingerprint density at radius 3 is 2.45 bits per heavy atom. The van der Waals surface area contributed by atoms with Gasteiger partial charge in [0.15, 0.2) is 0 Å². The van der Waals surface area contributed by atoms with E-state index in [2.05, 4.69) is 0 Å². The van der Waals surface area contributed by atoms with Crippen LogP contribution in [-0.4, -0.2) is 41.1 Å². The van der Waals surface area contributed by atoms with E-state index in [9.17, 15) is 14.4 Å². The molecule has 1 saturated carbocycles. The van der Waals surface area contributed by atoms with Gasteiger partial charge in [-0.2, -0.15) is 0 Å². The van der Waals surface area contributed by atoms with Gasteiger partial charge in [-0.1, -0.05) is 18.9 Å². The largest absolute Gasteiger partial charge is 0.339 e. The number of nitrogens with zero attached hydrogens (tertiary/aromatic N) is 2.